The second kappa shape index (κ2) is 11.0. The third-order valence-electron chi connectivity index (χ3n) is 2.84. The lowest BCUT2D eigenvalue weighted by Crippen LogP contribution is -2.18. The molecule has 0 rings (SSSR count). The van der Waals surface area contributed by atoms with Crippen LogP contribution in [0.15, 0.2) is 0 Å². The van der Waals surface area contributed by atoms with Gasteiger partial charge in [0.2, 0.25) is 0 Å². The fourth-order valence-corrected chi connectivity index (χ4v) is 1.88. The fourth-order valence-electron chi connectivity index (χ4n) is 1.88. The summed E-state index contributed by atoms with van der Waals surface area (Å²) < 4.78 is 0. The Morgan fingerprint density at radius 1 is 0.714 bits per heavy atom. The van der Waals surface area contributed by atoms with Crippen molar-refractivity contribution in [3.05, 3.63) is 0 Å². The van der Waals surface area contributed by atoms with Crippen LogP contribution in [0.5, 0.6) is 0 Å². The summed E-state index contributed by atoms with van der Waals surface area (Å²) in [5, 5.41) is 0. The van der Waals surface area contributed by atoms with Crippen LogP contribution in [-0.4, -0.2) is 6.04 Å². The molecule has 1 heteroatoms. The zero-order valence-electron chi connectivity index (χ0n) is 10.2. The highest BCUT2D eigenvalue weighted by molar-refractivity contribution is 4.60. The number of unbranched alkanes of at least 4 members (excludes halogenated alkanes) is 6. The minimum atomic E-state index is 0.468. The monoisotopic (exact) mass is 199 g/mol. The van der Waals surface area contributed by atoms with E-state index in [0.29, 0.717) is 6.04 Å². The Morgan fingerprint density at radius 3 is 1.86 bits per heavy atom. The van der Waals surface area contributed by atoms with Crippen molar-refractivity contribution in [2.24, 2.45) is 5.73 Å². The lowest BCUT2D eigenvalue weighted by molar-refractivity contribution is 0.506. The van der Waals surface area contributed by atoms with Gasteiger partial charge in [0.15, 0.2) is 0 Å². The molecule has 0 bridgehead atoms. The average Bonchev–Trinajstić information content (AvgIpc) is 2.17. The first-order valence-electron chi connectivity index (χ1n) is 6.56. The second-order valence-electron chi connectivity index (χ2n) is 4.46. The van der Waals surface area contributed by atoms with Gasteiger partial charge in [0.05, 0.1) is 0 Å². The van der Waals surface area contributed by atoms with E-state index < -0.39 is 0 Å². The molecule has 0 aliphatic carbocycles. The molecule has 0 heterocycles. The van der Waals surface area contributed by atoms with Gasteiger partial charge in [-0.25, -0.2) is 0 Å². The Balaban J connectivity index is 2.98. The molecule has 0 unspecified atom stereocenters. The Labute approximate surface area is 90.5 Å². The van der Waals surface area contributed by atoms with Crippen molar-refractivity contribution in [1.29, 1.82) is 0 Å². The first-order chi connectivity index (χ1) is 6.81. The topological polar surface area (TPSA) is 26.0 Å². The molecule has 0 aromatic rings. The van der Waals surface area contributed by atoms with Gasteiger partial charge in [-0.2, -0.15) is 0 Å². The molecular weight excluding hydrogens is 170 g/mol. The SMILES string of the molecule is CCCCCCCCC[C@@H](N)CCC. The molecule has 2 N–H and O–H groups in total. The maximum Gasteiger partial charge on any atom is 0.00387 e. The molecule has 1 atom stereocenters. The van der Waals surface area contributed by atoms with Gasteiger partial charge >= 0.3 is 0 Å². The van der Waals surface area contributed by atoms with Gasteiger partial charge in [-0.3, -0.25) is 0 Å². The van der Waals surface area contributed by atoms with Crippen LogP contribution in [0, 0.1) is 0 Å². The number of rotatable bonds is 10. The average molecular weight is 199 g/mol. The van der Waals surface area contributed by atoms with Crippen LogP contribution in [0.2, 0.25) is 0 Å². The predicted octanol–water partition coefficient (Wildman–Crippen LogP) is 4.25. The minimum Gasteiger partial charge on any atom is -0.328 e. The molecule has 0 spiro atoms. The molecule has 1 nitrogen and oxygen atoms in total. The van der Waals surface area contributed by atoms with E-state index in [0.717, 1.165) is 0 Å². The summed E-state index contributed by atoms with van der Waals surface area (Å²) in [5.41, 5.74) is 5.95. The van der Waals surface area contributed by atoms with Gasteiger partial charge in [-0.1, -0.05) is 65.2 Å². The van der Waals surface area contributed by atoms with Gasteiger partial charge in [0, 0.05) is 6.04 Å². The molecule has 86 valence electrons. The third kappa shape index (κ3) is 10.0. The highest BCUT2D eigenvalue weighted by atomic mass is 14.6. The zero-order chi connectivity index (χ0) is 10.6. The van der Waals surface area contributed by atoms with E-state index in [2.05, 4.69) is 13.8 Å². The molecule has 0 aromatic heterocycles. The summed E-state index contributed by atoms with van der Waals surface area (Å²) in [6, 6.07) is 0.468. The van der Waals surface area contributed by atoms with Crippen LogP contribution < -0.4 is 5.73 Å². The molecule has 14 heavy (non-hydrogen) atoms. The fraction of sp³-hybridized carbons (Fsp3) is 1.00. The quantitative estimate of drug-likeness (QED) is 0.523. The maximum absolute atomic E-state index is 5.95. The Kier molecular flexibility index (Phi) is 11.0. The first-order valence-corrected chi connectivity index (χ1v) is 6.56. The zero-order valence-corrected chi connectivity index (χ0v) is 10.2. The summed E-state index contributed by atoms with van der Waals surface area (Å²) >= 11 is 0. The number of hydrogen-bond donors (Lipinski definition) is 1. The molecule has 0 aliphatic rings. The van der Waals surface area contributed by atoms with Crippen molar-refractivity contribution in [2.45, 2.75) is 84.1 Å². The van der Waals surface area contributed by atoms with Crippen molar-refractivity contribution in [3.8, 4) is 0 Å². The number of hydrogen-bond acceptors (Lipinski definition) is 1. The van der Waals surface area contributed by atoms with Crippen LogP contribution in [-0.2, 0) is 0 Å². The van der Waals surface area contributed by atoms with E-state index in [1.807, 2.05) is 0 Å². The predicted molar refractivity (Wildman–Crippen MR) is 65.5 cm³/mol. The van der Waals surface area contributed by atoms with E-state index in [9.17, 15) is 0 Å². The first kappa shape index (κ1) is 14.0. The third-order valence-corrected chi connectivity index (χ3v) is 2.84. The van der Waals surface area contributed by atoms with Gasteiger partial charge in [-0.15, -0.1) is 0 Å². The van der Waals surface area contributed by atoms with E-state index in [4.69, 9.17) is 5.73 Å². The van der Waals surface area contributed by atoms with Crippen molar-refractivity contribution in [2.75, 3.05) is 0 Å². The van der Waals surface area contributed by atoms with Crippen LogP contribution in [0.4, 0.5) is 0 Å². The van der Waals surface area contributed by atoms with Gasteiger partial charge in [0.25, 0.3) is 0 Å². The molecular formula is C13H29N. The van der Waals surface area contributed by atoms with Gasteiger partial charge in [0.1, 0.15) is 0 Å². The lowest BCUT2D eigenvalue weighted by Gasteiger charge is -2.09. The number of nitrogens with two attached hydrogens (primary N) is 1. The van der Waals surface area contributed by atoms with Crippen molar-refractivity contribution in [3.63, 3.8) is 0 Å². The summed E-state index contributed by atoms with van der Waals surface area (Å²) in [4.78, 5) is 0. The normalized spacial score (nSPS) is 13.1. The summed E-state index contributed by atoms with van der Waals surface area (Å²) in [6.07, 6.45) is 13.4. The van der Waals surface area contributed by atoms with Gasteiger partial charge in [-0.05, 0) is 12.8 Å². The van der Waals surface area contributed by atoms with E-state index in [1.165, 1.54) is 64.2 Å². The Hall–Kier alpha value is -0.0400. The standard InChI is InChI=1S/C13H29N/c1-3-5-6-7-8-9-10-12-13(14)11-4-2/h13H,3-12,14H2,1-2H3/t13-/m0/s1. The Morgan fingerprint density at radius 2 is 1.29 bits per heavy atom. The second-order valence-corrected chi connectivity index (χ2v) is 4.46. The van der Waals surface area contributed by atoms with Crippen molar-refractivity contribution < 1.29 is 0 Å². The minimum absolute atomic E-state index is 0.468. The van der Waals surface area contributed by atoms with Crippen molar-refractivity contribution in [1.82, 2.24) is 0 Å². The summed E-state index contributed by atoms with van der Waals surface area (Å²) in [6.45, 7) is 4.48. The molecule has 0 amide bonds. The van der Waals surface area contributed by atoms with Crippen LogP contribution in [0.3, 0.4) is 0 Å². The van der Waals surface area contributed by atoms with Crippen LogP contribution in [0.1, 0.15) is 78.1 Å². The highest BCUT2D eigenvalue weighted by Crippen LogP contribution is 2.10. The van der Waals surface area contributed by atoms with E-state index >= 15 is 0 Å². The molecule has 0 saturated carbocycles. The van der Waals surface area contributed by atoms with Crippen molar-refractivity contribution >= 4 is 0 Å². The van der Waals surface area contributed by atoms with Gasteiger partial charge < -0.3 is 5.73 Å². The molecule has 0 fully saturated rings. The maximum atomic E-state index is 5.95. The molecule has 0 aromatic carbocycles. The van der Waals surface area contributed by atoms with E-state index in [1.54, 1.807) is 0 Å². The smallest absolute Gasteiger partial charge is 0.00387 e. The molecule has 0 saturated heterocycles. The highest BCUT2D eigenvalue weighted by Gasteiger charge is 1.99. The Bertz CT molecular complexity index is 101. The molecule has 0 radical (unpaired) electrons. The summed E-state index contributed by atoms with van der Waals surface area (Å²) in [5.74, 6) is 0. The van der Waals surface area contributed by atoms with E-state index in [-0.39, 0.29) is 0 Å². The largest absolute Gasteiger partial charge is 0.328 e. The molecule has 0 aliphatic heterocycles. The van der Waals surface area contributed by atoms with Crippen LogP contribution in [0.25, 0.3) is 0 Å². The van der Waals surface area contributed by atoms with Crippen LogP contribution >= 0.6 is 0 Å². The summed E-state index contributed by atoms with van der Waals surface area (Å²) in [7, 11) is 0. The lowest BCUT2D eigenvalue weighted by atomic mass is 10.0.